The van der Waals surface area contributed by atoms with E-state index in [4.69, 9.17) is 4.74 Å². The van der Waals surface area contributed by atoms with Gasteiger partial charge in [-0.3, -0.25) is 19.4 Å². The van der Waals surface area contributed by atoms with E-state index in [1.165, 1.54) is 11.8 Å². The molecule has 2 atom stereocenters. The van der Waals surface area contributed by atoms with Gasteiger partial charge in [0.1, 0.15) is 12.1 Å². The zero-order valence-corrected chi connectivity index (χ0v) is 18.4. The van der Waals surface area contributed by atoms with E-state index in [1.807, 2.05) is 6.07 Å². The molecule has 2 N–H and O–H groups in total. The molecular formula is C20H25N5O6S. The van der Waals surface area contributed by atoms with Gasteiger partial charge in [0.2, 0.25) is 18.6 Å². The van der Waals surface area contributed by atoms with Crippen molar-refractivity contribution in [3.63, 3.8) is 0 Å². The van der Waals surface area contributed by atoms with Gasteiger partial charge in [0.05, 0.1) is 11.8 Å². The summed E-state index contributed by atoms with van der Waals surface area (Å²) in [5, 5.41) is 14.4. The summed E-state index contributed by atoms with van der Waals surface area (Å²) in [7, 11) is 0. The standard InChI is InChI=1S/C20H25N5O6S/c1-14(26)30-13-31-20(29)24-17(19(28)25-7-3-5-16(25)8-21)11-32-12-18(27)23-10-15-4-2-6-22-9-15/h2,4,6,9,16-17H,3,5,7,10-13H2,1H3,(H,23,27)(H,24,29). The average molecular weight is 464 g/mol. The minimum absolute atomic E-state index is 0.0654. The second-order valence-electron chi connectivity index (χ2n) is 6.85. The number of ether oxygens (including phenoxy) is 2. The third kappa shape index (κ3) is 8.43. The molecule has 12 heteroatoms. The van der Waals surface area contributed by atoms with Gasteiger partial charge in [0.25, 0.3) is 0 Å². The van der Waals surface area contributed by atoms with Crippen LogP contribution in [0, 0.1) is 11.3 Å². The lowest BCUT2D eigenvalue weighted by molar-refractivity contribution is -0.149. The SMILES string of the molecule is CC(=O)OCOC(=O)NC(CSCC(=O)NCc1cccnc1)C(=O)N1CCCC1C#N. The van der Waals surface area contributed by atoms with Crippen molar-refractivity contribution in [2.45, 2.75) is 38.4 Å². The van der Waals surface area contributed by atoms with E-state index in [-0.39, 0.29) is 17.4 Å². The Morgan fingerprint density at radius 1 is 1.38 bits per heavy atom. The van der Waals surface area contributed by atoms with Crippen molar-refractivity contribution >= 4 is 35.6 Å². The second kappa shape index (κ2) is 13.2. The number of esters is 1. The lowest BCUT2D eigenvalue weighted by Gasteiger charge is -2.25. The van der Waals surface area contributed by atoms with Gasteiger partial charge in [-0.2, -0.15) is 5.26 Å². The smallest absolute Gasteiger partial charge is 0.410 e. The first kappa shape index (κ1) is 24.9. The average Bonchev–Trinajstić information content (AvgIpc) is 3.26. The van der Waals surface area contributed by atoms with Crippen LogP contribution in [-0.4, -0.2) is 70.7 Å². The van der Waals surface area contributed by atoms with Crippen LogP contribution >= 0.6 is 11.8 Å². The van der Waals surface area contributed by atoms with E-state index in [0.717, 1.165) is 17.3 Å². The number of nitriles is 1. The van der Waals surface area contributed by atoms with Crippen LogP contribution in [0.3, 0.4) is 0 Å². The van der Waals surface area contributed by atoms with Crippen LogP contribution in [0.1, 0.15) is 25.3 Å². The molecule has 0 spiro atoms. The minimum atomic E-state index is -1.01. The van der Waals surface area contributed by atoms with Crippen molar-refractivity contribution in [2.75, 3.05) is 24.8 Å². The minimum Gasteiger partial charge on any atom is -0.428 e. The fourth-order valence-electron chi connectivity index (χ4n) is 2.91. The molecule has 1 aliphatic heterocycles. The number of carbonyl (C=O) groups excluding carboxylic acids is 4. The largest absolute Gasteiger partial charge is 0.428 e. The maximum absolute atomic E-state index is 12.9. The van der Waals surface area contributed by atoms with Gasteiger partial charge in [0, 0.05) is 38.2 Å². The molecule has 1 fully saturated rings. The molecule has 0 aliphatic carbocycles. The van der Waals surface area contributed by atoms with Gasteiger partial charge in [-0.05, 0) is 24.5 Å². The third-order valence-electron chi connectivity index (χ3n) is 4.46. The quantitative estimate of drug-likeness (QED) is 0.375. The fourth-order valence-corrected chi connectivity index (χ4v) is 3.78. The van der Waals surface area contributed by atoms with Crippen molar-refractivity contribution in [3.05, 3.63) is 30.1 Å². The number of hydrogen-bond acceptors (Lipinski definition) is 9. The van der Waals surface area contributed by atoms with Crippen LogP contribution in [0.5, 0.6) is 0 Å². The maximum atomic E-state index is 12.9. The highest BCUT2D eigenvalue weighted by Crippen LogP contribution is 2.18. The van der Waals surface area contributed by atoms with Crippen LogP contribution in [0.2, 0.25) is 0 Å². The van der Waals surface area contributed by atoms with E-state index >= 15 is 0 Å². The summed E-state index contributed by atoms with van der Waals surface area (Å²) in [6.07, 6.45) is 3.60. The van der Waals surface area contributed by atoms with Crippen LogP contribution < -0.4 is 10.6 Å². The Balaban J connectivity index is 1.87. The Morgan fingerprint density at radius 2 is 2.19 bits per heavy atom. The summed E-state index contributed by atoms with van der Waals surface area (Å²) in [5.74, 6) is -1.13. The molecule has 1 aliphatic rings. The molecule has 2 heterocycles. The van der Waals surface area contributed by atoms with E-state index in [0.29, 0.717) is 25.9 Å². The van der Waals surface area contributed by atoms with Crippen molar-refractivity contribution in [3.8, 4) is 6.07 Å². The van der Waals surface area contributed by atoms with Crippen molar-refractivity contribution in [1.82, 2.24) is 20.5 Å². The van der Waals surface area contributed by atoms with Gasteiger partial charge in [-0.1, -0.05) is 6.07 Å². The summed E-state index contributed by atoms with van der Waals surface area (Å²) in [6.45, 7) is 1.32. The van der Waals surface area contributed by atoms with Crippen LogP contribution in [0.25, 0.3) is 0 Å². The topological polar surface area (TPSA) is 151 Å². The summed E-state index contributed by atoms with van der Waals surface area (Å²) in [5.41, 5.74) is 0.854. The zero-order valence-electron chi connectivity index (χ0n) is 17.6. The fraction of sp³-hybridized carbons (Fsp3) is 0.500. The number of nitrogens with one attached hydrogen (secondary N) is 2. The van der Waals surface area contributed by atoms with Crippen LogP contribution in [-0.2, 0) is 30.4 Å². The lowest BCUT2D eigenvalue weighted by Crippen LogP contribution is -2.51. The second-order valence-corrected chi connectivity index (χ2v) is 7.88. The number of thioether (sulfide) groups is 1. The highest BCUT2D eigenvalue weighted by atomic mass is 32.2. The van der Waals surface area contributed by atoms with Gasteiger partial charge in [-0.15, -0.1) is 11.8 Å². The predicted molar refractivity (Wildman–Crippen MR) is 114 cm³/mol. The van der Waals surface area contributed by atoms with E-state index in [1.54, 1.807) is 18.5 Å². The maximum Gasteiger partial charge on any atom is 0.410 e. The van der Waals surface area contributed by atoms with Crippen LogP contribution in [0.4, 0.5) is 4.79 Å². The number of carbonyl (C=O) groups is 4. The van der Waals surface area contributed by atoms with Gasteiger partial charge in [-0.25, -0.2) is 4.79 Å². The van der Waals surface area contributed by atoms with Crippen LogP contribution in [0.15, 0.2) is 24.5 Å². The number of rotatable bonds is 10. The molecule has 2 unspecified atom stereocenters. The molecule has 0 saturated carbocycles. The first-order chi connectivity index (χ1) is 15.4. The first-order valence-corrected chi connectivity index (χ1v) is 11.1. The highest BCUT2D eigenvalue weighted by molar-refractivity contribution is 8.00. The van der Waals surface area contributed by atoms with Gasteiger partial charge < -0.3 is 25.0 Å². The van der Waals surface area contributed by atoms with Gasteiger partial charge >= 0.3 is 12.1 Å². The molecule has 1 aromatic rings. The zero-order chi connectivity index (χ0) is 23.3. The number of nitrogens with zero attached hydrogens (tertiary/aromatic N) is 3. The Bertz CT molecular complexity index is 847. The summed E-state index contributed by atoms with van der Waals surface area (Å²) in [6, 6.07) is 4.12. The number of alkyl carbamates (subject to hydrolysis) is 1. The van der Waals surface area contributed by atoms with E-state index in [9.17, 15) is 24.4 Å². The monoisotopic (exact) mass is 463 g/mol. The molecule has 0 aromatic carbocycles. The number of hydrogen-bond donors (Lipinski definition) is 2. The first-order valence-electron chi connectivity index (χ1n) is 9.90. The summed E-state index contributed by atoms with van der Waals surface area (Å²) < 4.78 is 9.28. The van der Waals surface area contributed by atoms with Crippen molar-refractivity contribution < 1.29 is 28.7 Å². The predicted octanol–water partition coefficient (Wildman–Crippen LogP) is 0.561. The molecule has 3 amide bonds. The van der Waals surface area contributed by atoms with E-state index in [2.05, 4.69) is 26.4 Å². The van der Waals surface area contributed by atoms with Crippen molar-refractivity contribution in [1.29, 1.82) is 5.26 Å². The van der Waals surface area contributed by atoms with Gasteiger partial charge in [0.15, 0.2) is 0 Å². The Kier molecular flexibility index (Phi) is 10.3. The molecular weight excluding hydrogens is 438 g/mol. The molecule has 32 heavy (non-hydrogen) atoms. The Labute approximate surface area is 189 Å². The number of aromatic nitrogens is 1. The molecule has 11 nitrogen and oxygen atoms in total. The number of likely N-dealkylation sites (tertiary alicyclic amines) is 1. The normalized spacial score (nSPS) is 15.9. The van der Waals surface area contributed by atoms with E-state index < -0.39 is 36.8 Å². The Morgan fingerprint density at radius 3 is 2.88 bits per heavy atom. The molecule has 0 bridgehead atoms. The lowest BCUT2D eigenvalue weighted by atomic mass is 10.2. The highest BCUT2D eigenvalue weighted by Gasteiger charge is 2.34. The molecule has 1 saturated heterocycles. The number of amides is 3. The molecule has 2 rings (SSSR count). The summed E-state index contributed by atoms with van der Waals surface area (Å²) >= 11 is 1.16. The molecule has 0 radical (unpaired) electrons. The molecule has 172 valence electrons. The third-order valence-corrected chi connectivity index (χ3v) is 5.49. The van der Waals surface area contributed by atoms with Crippen molar-refractivity contribution in [2.24, 2.45) is 0 Å². The molecule has 1 aromatic heterocycles. The summed E-state index contributed by atoms with van der Waals surface area (Å²) in [4.78, 5) is 53.2. The Hall–Kier alpha value is -3.33. The number of pyridine rings is 1.